The number of fused-ring (bicyclic) bond motifs is 1. The van der Waals surface area contributed by atoms with E-state index in [1.54, 1.807) is 0 Å². The van der Waals surface area contributed by atoms with Crippen LogP contribution in [0.5, 0.6) is 0 Å². The van der Waals surface area contributed by atoms with Crippen molar-refractivity contribution in [3.05, 3.63) is 59.9 Å². The monoisotopic (exact) mass is 321 g/mol. The van der Waals surface area contributed by atoms with Gasteiger partial charge in [-0.3, -0.25) is 4.99 Å². The molecular formula is C19H23N5. The molecule has 5 heteroatoms. The normalized spacial score (nSPS) is 11.8. The number of rotatable bonds is 6. The third kappa shape index (κ3) is 4.13. The second-order valence-corrected chi connectivity index (χ2v) is 5.75. The van der Waals surface area contributed by atoms with Gasteiger partial charge in [-0.05, 0) is 42.7 Å². The summed E-state index contributed by atoms with van der Waals surface area (Å²) >= 11 is 0. The lowest BCUT2D eigenvalue weighted by molar-refractivity contribution is 0.796. The first-order chi connectivity index (χ1) is 11.7. The molecule has 0 spiro atoms. The minimum atomic E-state index is 0.452. The van der Waals surface area contributed by atoms with Crippen molar-refractivity contribution in [1.82, 2.24) is 9.97 Å². The van der Waals surface area contributed by atoms with Crippen molar-refractivity contribution in [3.63, 3.8) is 0 Å². The average molecular weight is 321 g/mol. The van der Waals surface area contributed by atoms with Crippen molar-refractivity contribution in [1.29, 1.82) is 0 Å². The number of hydrogen-bond donors (Lipinski definition) is 3. The molecule has 0 bridgehead atoms. The first kappa shape index (κ1) is 16.1. The molecule has 124 valence electrons. The molecule has 0 atom stereocenters. The van der Waals surface area contributed by atoms with Crippen molar-refractivity contribution in [3.8, 4) is 0 Å². The van der Waals surface area contributed by atoms with Gasteiger partial charge in [-0.15, -0.1) is 0 Å². The van der Waals surface area contributed by atoms with E-state index in [1.165, 1.54) is 5.56 Å². The van der Waals surface area contributed by atoms with Crippen LogP contribution >= 0.6 is 0 Å². The Labute approximate surface area is 142 Å². The number of nitrogens with one attached hydrogen (secondary N) is 2. The van der Waals surface area contributed by atoms with Crippen LogP contribution in [-0.2, 0) is 12.8 Å². The number of H-pyrrole nitrogens is 1. The number of nitrogens with zero attached hydrogens (tertiary/aromatic N) is 2. The second-order valence-electron chi connectivity index (χ2n) is 5.75. The van der Waals surface area contributed by atoms with E-state index in [2.05, 4.69) is 39.3 Å². The Balaban J connectivity index is 1.50. The zero-order valence-electron chi connectivity index (χ0n) is 13.9. The van der Waals surface area contributed by atoms with Crippen molar-refractivity contribution in [2.24, 2.45) is 10.7 Å². The molecule has 24 heavy (non-hydrogen) atoms. The summed E-state index contributed by atoms with van der Waals surface area (Å²) in [6.45, 7) is 2.80. The molecule has 1 aromatic heterocycles. The molecule has 0 saturated carbocycles. The maximum absolute atomic E-state index is 5.95. The van der Waals surface area contributed by atoms with Gasteiger partial charge >= 0.3 is 0 Å². The van der Waals surface area contributed by atoms with Gasteiger partial charge in [-0.25, -0.2) is 4.98 Å². The number of aliphatic imine (C=N–C) groups is 1. The van der Waals surface area contributed by atoms with Gasteiger partial charge in [-0.2, -0.15) is 0 Å². The third-order valence-corrected chi connectivity index (χ3v) is 3.90. The number of aromatic nitrogens is 2. The number of imidazole rings is 1. The Bertz CT molecular complexity index is 801. The van der Waals surface area contributed by atoms with E-state index in [0.29, 0.717) is 12.5 Å². The predicted octanol–water partition coefficient (Wildman–Crippen LogP) is 3.48. The molecule has 1 heterocycles. The lowest BCUT2D eigenvalue weighted by Crippen LogP contribution is -2.23. The van der Waals surface area contributed by atoms with Gasteiger partial charge in [0, 0.05) is 18.7 Å². The summed E-state index contributed by atoms with van der Waals surface area (Å²) in [5, 5.41) is 3.14. The van der Waals surface area contributed by atoms with Gasteiger partial charge in [0.2, 0.25) is 0 Å². The fourth-order valence-electron chi connectivity index (χ4n) is 2.63. The van der Waals surface area contributed by atoms with Crippen LogP contribution in [0.15, 0.2) is 53.5 Å². The van der Waals surface area contributed by atoms with E-state index < -0.39 is 0 Å². The van der Waals surface area contributed by atoms with Gasteiger partial charge in [-0.1, -0.05) is 31.2 Å². The van der Waals surface area contributed by atoms with Crippen molar-refractivity contribution >= 4 is 22.7 Å². The van der Waals surface area contributed by atoms with Gasteiger partial charge in [0.15, 0.2) is 5.96 Å². The zero-order chi connectivity index (χ0) is 16.8. The summed E-state index contributed by atoms with van der Waals surface area (Å²) in [5.41, 5.74) is 10.3. The topological polar surface area (TPSA) is 79.1 Å². The Morgan fingerprint density at radius 1 is 1.21 bits per heavy atom. The molecular weight excluding hydrogens is 298 g/mol. The quantitative estimate of drug-likeness (QED) is 0.369. The molecule has 0 unspecified atom stereocenters. The van der Waals surface area contributed by atoms with Crippen LogP contribution in [0.4, 0.5) is 5.69 Å². The van der Waals surface area contributed by atoms with Crippen LogP contribution in [0.2, 0.25) is 0 Å². The highest BCUT2D eigenvalue weighted by molar-refractivity contribution is 5.92. The van der Waals surface area contributed by atoms with E-state index in [-0.39, 0.29) is 0 Å². The summed E-state index contributed by atoms with van der Waals surface area (Å²) in [7, 11) is 0. The molecule has 2 aromatic carbocycles. The number of hydrogen-bond acceptors (Lipinski definition) is 2. The summed E-state index contributed by atoms with van der Waals surface area (Å²) < 4.78 is 0. The smallest absolute Gasteiger partial charge is 0.193 e. The largest absolute Gasteiger partial charge is 0.370 e. The number of para-hydroxylation sites is 2. The molecule has 0 saturated heterocycles. The van der Waals surface area contributed by atoms with E-state index in [4.69, 9.17) is 5.73 Å². The van der Waals surface area contributed by atoms with E-state index in [0.717, 1.165) is 41.8 Å². The maximum Gasteiger partial charge on any atom is 0.193 e. The number of aryl methyl sites for hydroxylation is 2. The Hall–Kier alpha value is -2.82. The Kier molecular flexibility index (Phi) is 5.11. The molecule has 0 amide bonds. The first-order valence-corrected chi connectivity index (χ1v) is 8.34. The molecule has 3 aromatic rings. The van der Waals surface area contributed by atoms with E-state index in [1.807, 2.05) is 36.4 Å². The van der Waals surface area contributed by atoms with Crippen molar-refractivity contribution in [2.45, 2.75) is 26.2 Å². The molecule has 0 aliphatic rings. The number of anilines is 1. The van der Waals surface area contributed by atoms with Crippen LogP contribution in [-0.4, -0.2) is 22.5 Å². The second kappa shape index (κ2) is 7.64. The summed E-state index contributed by atoms with van der Waals surface area (Å²) in [6, 6.07) is 16.3. The fourth-order valence-corrected chi connectivity index (χ4v) is 2.63. The van der Waals surface area contributed by atoms with Crippen LogP contribution < -0.4 is 11.1 Å². The Morgan fingerprint density at radius 2 is 2.08 bits per heavy atom. The highest BCUT2D eigenvalue weighted by atomic mass is 15.1. The van der Waals surface area contributed by atoms with Crippen LogP contribution in [0, 0.1) is 0 Å². The van der Waals surface area contributed by atoms with Crippen LogP contribution in [0.1, 0.15) is 24.7 Å². The van der Waals surface area contributed by atoms with Gasteiger partial charge < -0.3 is 16.0 Å². The highest BCUT2D eigenvalue weighted by Gasteiger charge is 2.01. The lowest BCUT2D eigenvalue weighted by Gasteiger charge is -2.07. The number of aromatic amines is 1. The molecule has 0 aliphatic heterocycles. The van der Waals surface area contributed by atoms with Gasteiger partial charge in [0.1, 0.15) is 5.82 Å². The third-order valence-electron chi connectivity index (χ3n) is 3.90. The number of nitrogens with two attached hydrogens (primary N) is 1. The molecule has 5 nitrogen and oxygen atoms in total. The number of guanidine groups is 1. The molecule has 4 N–H and O–H groups in total. The molecule has 0 aliphatic carbocycles. The van der Waals surface area contributed by atoms with Crippen molar-refractivity contribution in [2.75, 3.05) is 11.9 Å². The van der Waals surface area contributed by atoms with E-state index in [9.17, 15) is 0 Å². The molecule has 0 radical (unpaired) electrons. The highest BCUT2D eigenvalue weighted by Crippen LogP contribution is 2.12. The summed E-state index contributed by atoms with van der Waals surface area (Å²) in [4.78, 5) is 12.3. The van der Waals surface area contributed by atoms with Crippen LogP contribution in [0.3, 0.4) is 0 Å². The lowest BCUT2D eigenvalue weighted by atomic mass is 10.1. The summed E-state index contributed by atoms with van der Waals surface area (Å²) in [5.74, 6) is 1.45. The van der Waals surface area contributed by atoms with Gasteiger partial charge in [0.05, 0.1) is 11.0 Å². The first-order valence-electron chi connectivity index (χ1n) is 8.34. The Morgan fingerprint density at radius 3 is 2.92 bits per heavy atom. The maximum atomic E-state index is 5.95. The van der Waals surface area contributed by atoms with Crippen molar-refractivity contribution < 1.29 is 0 Å². The SMILES string of the molecule is CCc1cccc(NC(N)=NCCCc2nc3ccccc3[nH]2)c1. The van der Waals surface area contributed by atoms with Gasteiger partial charge in [0.25, 0.3) is 0 Å². The zero-order valence-corrected chi connectivity index (χ0v) is 13.9. The number of benzene rings is 2. The predicted molar refractivity (Wildman–Crippen MR) is 100 cm³/mol. The standard InChI is InChI=1S/C19H23N5/c1-2-14-7-5-8-15(13-14)22-19(20)21-12-6-11-18-23-16-9-3-4-10-17(16)24-18/h3-5,7-10,13H,2,6,11-12H2,1H3,(H,23,24)(H3,20,21,22). The average Bonchev–Trinajstić information content (AvgIpc) is 3.01. The minimum absolute atomic E-state index is 0.452. The van der Waals surface area contributed by atoms with E-state index >= 15 is 0 Å². The minimum Gasteiger partial charge on any atom is -0.370 e. The fraction of sp³-hybridized carbons (Fsp3) is 0.263. The van der Waals surface area contributed by atoms with Crippen LogP contribution in [0.25, 0.3) is 11.0 Å². The summed E-state index contributed by atoms with van der Waals surface area (Å²) in [6.07, 6.45) is 2.76. The molecule has 0 fully saturated rings. The molecule has 3 rings (SSSR count).